The number of carbonyl (C=O) groups excluding carboxylic acids is 2. The zero-order valence-corrected chi connectivity index (χ0v) is 17.8. The molecule has 0 aliphatic heterocycles. The first-order chi connectivity index (χ1) is 13.1. The topological polar surface area (TPSA) is 64.6 Å². The van der Waals surface area contributed by atoms with Crippen LogP contribution in [-0.4, -0.2) is 36.2 Å². The van der Waals surface area contributed by atoms with Crippen LogP contribution in [0.4, 0.5) is 4.79 Å². The third-order valence-corrected chi connectivity index (χ3v) is 4.99. The largest absolute Gasteiger partial charge is 0.444 e. The third-order valence-electron chi connectivity index (χ3n) is 3.77. The van der Waals surface area contributed by atoms with Gasteiger partial charge in [0.1, 0.15) is 29.9 Å². The molecule has 0 fully saturated rings. The van der Waals surface area contributed by atoms with Crippen molar-refractivity contribution < 1.29 is 19.1 Å². The predicted molar refractivity (Wildman–Crippen MR) is 113 cm³/mol. The van der Waals surface area contributed by atoms with E-state index in [1.165, 1.54) is 4.90 Å². The number of amides is 1. The number of benzene rings is 2. The lowest BCUT2D eigenvalue weighted by Gasteiger charge is -2.23. The predicted octanol–water partition coefficient (Wildman–Crippen LogP) is 3.96. The molecule has 0 aliphatic carbocycles. The monoisotopic (exact) mass is 402 g/mol. The van der Waals surface area contributed by atoms with Crippen LogP contribution in [0.5, 0.6) is 5.75 Å². The minimum absolute atomic E-state index is 0.133. The van der Waals surface area contributed by atoms with Gasteiger partial charge < -0.3 is 14.8 Å². The second-order valence-electron chi connectivity index (χ2n) is 7.60. The van der Waals surface area contributed by atoms with E-state index in [0.717, 1.165) is 5.56 Å². The maximum Gasteiger partial charge on any atom is 0.408 e. The number of carbonyl (C=O) groups is 2. The molecule has 0 aliphatic rings. The summed E-state index contributed by atoms with van der Waals surface area (Å²) in [6.45, 7) is 5.32. The molecule has 0 spiro atoms. The highest BCUT2D eigenvalue weighted by Gasteiger charge is 2.26. The average Bonchev–Trinajstić information content (AvgIpc) is 2.61. The zero-order chi connectivity index (χ0) is 20.7. The standard InChI is InChI=1S/C22H27NO4S/c1-22(2,3)27-21(25)23-19(15-16-9-7-6-8-10-16)20(24)26-17-11-13-18(14-12-17)28(4)5/h6-14,19H,15H2,1-5H3/p+1. The van der Waals surface area contributed by atoms with Crippen molar-refractivity contribution >= 4 is 23.0 Å². The number of hydrogen-bond acceptors (Lipinski definition) is 4. The molecule has 6 heteroatoms. The molecule has 0 heterocycles. The lowest BCUT2D eigenvalue weighted by atomic mass is 10.1. The zero-order valence-electron chi connectivity index (χ0n) is 17.0. The van der Waals surface area contributed by atoms with Gasteiger partial charge in [0.25, 0.3) is 0 Å². The number of alkyl carbamates (subject to hydrolysis) is 1. The summed E-state index contributed by atoms with van der Waals surface area (Å²) in [5.41, 5.74) is 0.260. The van der Waals surface area contributed by atoms with Crippen LogP contribution in [0.15, 0.2) is 59.5 Å². The first-order valence-electron chi connectivity index (χ1n) is 9.07. The summed E-state index contributed by atoms with van der Waals surface area (Å²) in [6, 6.07) is 16.0. The van der Waals surface area contributed by atoms with E-state index in [9.17, 15) is 9.59 Å². The molecular formula is C22H28NO4S+. The highest BCUT2D eigenvalue weighted by molar-refractivity contribution is 7.95. The van der Waals surface area contributed by atoms with Crippen LogP contribution in [0.1, 0.15) is 26.3 Å². The summed E-state index contributed by atoms with van der Waals surface area (Å²) < 4.78 is 10.8. The van der Waals surface area contributed by atoms with Crippen LogP contribution in [0.25, 0.3) is 0 Å². The molecule has 5 nitrogen and oxygen atoms in total. The molecule has 1 unspecified atom stereocenters. The van der Waals surface area contributed by atoms with Gasteiger partial charge in [-0.2, -0.15) is 0 Å². The number of nitrogens with one attached hydrogen (secondary N) is 1. The summed E-state index contributed by atoms with van der Waals surface area (Å²) in [6.07, 6.45) is 3.91. The van der Waals surface area contributed by atoms with Gasteiger partial charge in [0.15, 0.2) is 4.90 Å². The molecule has 150 valence electrons. The van der Waals surface area contributed by atoms with Crippen LogP contribution in [0, 0.1) is 0 Å². The minimum atomic E-state index is -0.857. The molecular weight excluding hydrogens is 374 g/mol. The second kappa shape index (κ2) is 9.64. The van der Waals surface area contributed by atoms with Gasteiger partial charge >= 0.3 is 12.1 Å². The van der Waals surface area contributed by atoms with Gasteiger partial charge in [-0.1, -0.05) is 30.3 Å². The Morgan fingerprint density at radius 2 is 1.61 bits per heavy atom. The van der Waals surface area contributed by atoms with E-state index in [1.807, 2.05) is 42.5 Å². The molecule has 0 saturated heterocycles. The van der Waals surface area contributed by atoms with E-state index in [0.29, 0.717) is 12.2 Å². The van der Waals surface area contributed by atoms with Gasteiger partial charge in [-0.15, -0.1) is 0 Å². The molecule has 1 N–H and O–H groups in total. The van der Waals surface area contributed by atoms with Crippen molar-refractivity contribution in [1.82, 2.24) is 5.32 Å². The van der Waals surface area contributed by atoms with Crippen molar-refractivity contribution in [2.24, 2.45) is 0 Å². The quantitative estimate of drug-likeness (QED) is 0.451. The van der Waals surface area contributed by atoms with Crippen LogP contribution in [-0.2, 0) is 26.8 Å². The van der Waals surface area contributed by atoms with Gasteiger partial charge in [0.2, 0.25) is 0 Å². The number of esters is 1. The number of rotatable bonds is 6. The fourth-order valence-electron chi connectivity index (χ4n) is 2.46. The van der Waals surface area contributed by atoms with E-state index in [2.05, 4.69) is 17.8 Å². The van der Waals surface area contributed by atoms with Gasteiger partial charge in [-0.25, -0.2) is 9.59 Å². The molecule has 0 saturated carbocycles. The second-order valence-corrected chi connectivity index (χ2v) is 9.70. The van der Waals surface area contributed by atoms with Crippen molar-refractivity contribution in [3.05, 3.63) is 60.2 Å². The van der Waals surface area contributed by atoms with Crippen molar-refractivity contribution in [1.29, 1.82) is 0 Å². The Morgan fingerprint density at radius 3 is 2.14 bits per heavy atom. The van der Waals surface area contributed by atoms with Crippen LogP contribution in [0.2, 0.25) is 0 Å². The van der Waals surface area contributed by atoms with Gasteiger partial charge in [0, 0.05) is 17.3 Å². The lowest BCUT2D eigenvalue weighted by molar-refractivity contribution is -0.136. The van der Waals surface area contributed by atoms with Crippen molar-refractivity contribution in [3.8, 4) is 5.75 Å². The first kappa shape index (κ1) is 21.8. The highest BCUT2D eigenvalue weighted by atomic mass is 32.2. The maximum absolute atomic E-state index is 12.7. The van der Waals surface area contributed by atoms with Crippen LogP contribution >= 0.6 is 0 Å². The summed E-state index contributed by atoms with van der Waals surface area (Å²) in [5.74, 6) is -0.0855. The first-order valence-corrected chi connectivity index (χ1v) is 11.1. The minimum Gasteiger partial charge on any atom is -0.444 e. The molecule has 0 aromatic heterocycles. The highest BCUT2D eigenvalue weighted by Crippen LogP contribution is 2.17. The smallest absolute Gasteiger partial charge is 0.408 e. The van der Waals surface area contributed by atoms with E-state index >= 15 is 0 Å². The summed E-state index contributed by atoms with van der Waals surface area (Å²) >= 11 is 0. The Morgan fingerprint density at radius 1 is 1.00 bits per heavy atom. The Labute approximate surface area is 169 Å². The Kier molecular flexibility index (Phi) is 7.52. The Hall–Kier alpha value is -2.47. The van der Waals surface area contributed by atoms with Gasteiger partial charge in [-0.3, -0.25) is 0 Å². The van der Waals surface area contributed by atoms with E-state index < -0.39 is 23.7 Å². The summed E-state index contributed by atoms with van der Waals surface area (Å²) in [4.78, 5) is 26.1. The summed E-state index contributed by atoms with van der Waals surface area (Å²) in [5, 5.41) is 2.64. The van der Waals surface area contributed by atoms with E-state index in [4.69, 9.17) is 9.47 Å². The molecule has 0 bridgehead atoms. The molecule has 28 heavy (non-hydrogen) atoms. The average molecular weight is 403 g/mol. The van der Waals surface area contributed by atoms with Crippen LogP contribution < -0.4 is 10.1 Å². The van der Waals surface area contributed by atoms with Gasteiger partial charge in [-0.05, 0) is 50.6 Å². The summed E-state index contributed by atoms with van der Waals surface area (Å²) in [7, 11) is 0.133. The fraction of sp³-hybridized carbons (Fsp3) is 0.364. The van der Waals surface area contributed by atoms with E-state index in [1.54, 1.807) is 32.9 Å². The number of hydrogen-bond donors (Lipinski definition) is 1. The third kappa shape index (κ3) is 7.27. The van der Waals surface area contributed by atoms with Crippen LogP contribution in [0.3, 0.4) is 0 Å². The maximum atomic E-state index is 12.7. The van der Waals surface area contributed by atoms with Gasteiger partial charge in [0.05, 0.1) is 0 Å². The Bertz CT molecular complexity index is 782. The number of ether oxygens (including phenoxy) is 2. The lowest BCUT2D eigenvalue weighted by Crippen LogP contribution is -2.46. The SMILES string of the molecule is C[S+](C)c1ccc(OC(=O)C(Cc2ccccc2)NC(=O)OC(C)(C)C)cc1. The molecule has 2 rings (SSSR count). The fourth-order valence-corrected chi connectivity index (χ4v) is 3.14. The normalized spacial score (nSPS) is 12.4. The Balaban J connectivity index is 2.12. The molecule has 0 radical (unpaired) electrons. The van der Waals surface area contributed by atoms with Crippen molar-refractivity contribution in [2.45, 2.75) is 43.7 Å². The molecule has 1 atom stereocenters. The molecule has 2 aromatic rings. The van der Waals surface area contributed by atoms with Crippen molar-refractivity contribution in [2.75, 3.05) is 12.5 Å². The molecule has 2 aromatic carbocycles. The molecule has 1 amide bonds. The van der Waals surface area contributed by atoms with E-state index in [-0.39, 0.29) is 10.9 Å². The van der Waals surface area contributed by atoms with Crippen molar-refractivity contribution in [3.63, 3.8) is 0 Å².